The van der Waals surface area contributed by atoms with E-state index in [1.54, 1.807) is 0 Å². The number of carboxylic acid groups (broad SMARTS) is 1. The Morgan fingerprint density at radius 3 is 2.36 bits per heavy atom. The van der Waals surface area contributed by atoms with Gasteiger partial charge in [0, 0.05) is 0 Å². The van der Waals surface area contributed by atoms with Crippen molar-refractivity contribution in [3.63, 3.8) is 0 Å². The van der Waals surface area contributed by atoms with Crippen molar-refractivity contribution in [3.05, 3.63) is 12.7 Å². The van der Waals surface area contributed by atoms with Crippen LogP contribution in [0.2, 0.25) is 0 Å². The van der Waals surface area contributed by atoms with Crippen LogP contribution in [0.3, 0.4) is 0 Å². The number of aliphatic hydroxyl groups excluding tert-OH is 3. The second-order valence-corrected chi connectivity index (χ2v) is 3.04. The third kappa shape index (κ3) is 2.52. The fourth-order valence-corrected chi connectivity index (χ4v) is 0.931. The number of carboxylic acids is 1. The maximum Gasteiger partial charge on any atom is 0.328 e. The van der Waals surface area contributed by atoms with E-state index in [-0.39, 0.29) is 6.42 Å². The van der Waals surface area contributed by atoms with Gasteiger partial charge in [0.25, 0.3) is 0 Å². The molecule has 6 nitrogen and oxygen atoms in total. The molecule has 14 heavy (non-hydrogen) atoms. The average Bonchev–Trinajstić information content (AvgIpc) is 2.15. The Morgan fingerprint density at radius 1 is 1.57 bits per heavy atom. The summed E-state index contributed by atoms with van der Waals surface area (Å²) in [5.41, 5.74) is 2.97. The standard InChI is InChI=1S/C8H15NO5/c1-2-3-5(11)6(12)8(9,4-10)7(13)14/h2,5-6,10-12H,1,3-4,9H2,(H,13,14)/t5-,6+,8+/m1/s1. The Kier molecular flexibility index (Phi) is 4.72. The molecule has 0 aromatic carbocycles. The summed E-state index contributed by atoms with van der Waals surface area (Å²) in [5.74, 6) is -1.57. The monoisotopic (exact) mass is 205 g/mol. The number of hydrogen-bond donors (Lipinski definition) is 5. The van der Waals surface area contributed by atoms with Crippen LogP contribution < -0.4 is 5.73 Å². The molecule has 0 rings (SSSR count). The lowest BCUT2D eigenvalue weighted by Crippen LogP contribution is -2.63. The minimum Gasteiger partial charge on any atom is -0.480 e. The van der Waals surface area contributed by atoms with E-state index in [2.05, 4.69) is 6.58 Å². The van der Waals surface area contributed by atoms with Gasteiger partial charge in [0.15, 0.2) is 5.54 Å². The van der Waals surface area contributed by atoms with E-state index in [1.165, 1.54) is 6.08 Å². The summed E-state index contributed by atoms with van der Waals surface area (Å²) < 4.78 is 0. The van der Waals surface area contributed by atoms with Crippen molar-refractivity contribution in [2.24, 2.45) is 5.73 Å². The molecule has 0 fully saturated rings. The third-order valence-electron chi connectivity index (χ3n) is 1.96. The van der Waals surface area contributed by atoms with Crippen LogP contribution in [0.15, 0.2) is 12.7 Å². The molecule has 0 heterocycles. The molecule has 0 saturated heterocycles. The van der Waals surface area contributed by atoms with Crippen LogP contribution in [-0.4, -0.2) is 50.7 Å². The molecule has 82 valence electrons. The topological polar surface area (TPSA) is 124 Å². The van der Waals surface area contributed by atoms with Gasteiger partial charge in [-0.2, -0.15) is 0 Å². The SMILES string of the molecule is C=CC[C@@H](O)[C@H](O)[C@@](N)(CO)C(=O)O. The molecule has 0 bridgehead atoms. The zero-order valence-corrected chi connectivity index (χ0v) is 7.63. The molecule has 0 aliphatic heterocycles. The zero-order chi connectivity index (χ0) is 11.4. The zero-order valence-electron chi connectivity index (χ0n) is 7.63. The van der Waals surface area contributed by atoms with Crippen molar-refractivity contribution in [2.75, 3.05) is 6.61 Å². The fraction of sp³-hybridized carbons (Fsp3) is 0.625. The van der Waals surface area contributed by atoms with Gasteiger partial charge in [0.2, 0.25) is 0 Å². The van der Waals surface area contributed by atoms with E-state index in [9.17, 15) is 15.0 Å². The van der Waals surface area contributed by atoms with Crippen molar-refractivity contribution in [1.29, 1.82) is 0 Å². The van der Waals surface area contributed by atoms with Gasteiger partial charge in [-0.3, -0.25) is 4.79 Å². The lowest BCUT2D eigenvalue weighted by molar-refractivity contribution is -0.154. The Bertz CT molecular complexity index is 220. The van der Waals surface area contributed by atoms with Crippen molar-refractivity contribution >= 4 is 5.97 Å². The number of hydrogen-bond acceptors (Lipinski definition) is 5. The Hall–Kier alpha value is -0.950. The first-order valence-electron chi connectivity index (χ1n) is 4.00. The lowest BCUT2D eigenvalue weighted by atomic mass is 9.89. The molecular formula is C8H15NO5. The maximum atomic E-state index is 10.6. The summed E-state index contributed by atoms with van der Waals surface area (Å²) >= 11 is 0. The average molecular weight is 205 g/mol. The minimum atomic E-state index is -2.25. The molecule has 0 aliphatic rings. The van der Waals surface area contributed by atoms with Crippen LogP contribution in [0.4, 0.5) is 0 Å². The fourth-order valence-electron chi connectivity index (χ4n) is 0.931. The van der Waals surface area contributed by atoms with Gasteiger partial charge in [0.1, 0.15) is 6.10 Å². The summed E-state index contributed by atoms with van der Waals surface area (Å²) in [6.45, 7) is 2.35. The highest BCUT2D eigenvalue weighted by molar-refractivity contribution is 5.79. The predicted molar refractivity (Wildman–Crippen MR) is 48.5 cm³/mol. The van der Waals surface area contributed by atoms with E-state index in [0.29, 0.717) is 0 Å². The number of rotatable bonds is 6. The van der Waals surface area contributed by atoms with E-state index in [1.807, 2.05) is 0 Å². The second kappa shape index (κ2) is 5.06. The molecule has 0 radical (unpaired) electrons. The predicted octanol–water partition coefficient (Wildman–Crippen LogP) is -1.94. The van der Waals surface area contributed by atoms with E-state index < -0.39 is 30.3 Å². The molecule has 0 spiro atoms. The first-order valence-corrected chi connectivity index (χ1v) is 4.00. The van der Waals surface area contributed by atoms with Crippen molar-refractivity contribution < 1.29 is 25.2 Å². The van der Waals surface area contributed by atoms with Gasteiger partial charge >= 0.3 is 5.97 Å². The third-order valence-corrected chi connectivity index (χ3v) is 1.96. The Labute approximate surface area is 81.3 Å². The van der Waals surface area contributed by atoms with Crippen LogP contribution in [0, 0.1) is 0 Å². The molecule has 6 N–H and O–H groups in total. The van der Waals surface area contributed by atoms with Gasteiger partial charge in [-0.25, -0.2) is 0 Å². The quantitative estimate of drug-likeness (QED) is 0.321. The van der Waals surface area contributed by atoms with E-state index >= 15 is 0 Å². The number of nitrogens with two attached hydrogens (primary N) is 1. The maximum absolute atomic E-state index is 10.6. The molecule has 0 aromatic heterocycles. The second-order valence-electron chi connectivity index (χ2n) is 3.04. The molecule has 0 unspecified atom stereocenters. The first kappa shape index (κ1) is 13.1. The Morgan fingerprint density at radius 2 is 2.07 bits per heavy atom. The van der Waals surface area contributed by atoms with Crippen LogP contribution in [0.25, 0.3) is 0 Å². The molecule has 0 aromatic rings. The number of carbonyl (C=O) groups is 1. The number of aliphatic carboxylic acids is 1. The van der Waals surface area contributed by atoms with Gasteiger partial charge < -0.3 is 26.2 Å². The van der Waals surface area contributed by atoms with Crippen molar-refractivity contribution in [1.82, 2.24) is 0 Å². The van der Waals surface area contributed by atoms with Crippen molar-refractivity contribution in [3.8, 4) is 0 Å². The normalized spacial score (nSPS) is 19.4. The Balaban J connectivity index is 4.67. The molecule has 0 aliphatic carbocycles. The van der Waals surface area contributed by atoms with Gasteiger partial charge in [-0.15, -0.1) is 6.58 Å². The summed E-state index contributed by atoms with van der Waals surface area (Å²) in [6.07, 6.45) is -1.80. The first-order chi connectivity index (χ1) is 6.40. The molecule has 0 amide bonds. The highest BCUT2D eigenvalue weighted by Crippen LogP contribution is 2.13. The molecule has 3 atom stereocenters. The van der Waals surface area contributed by atoms with Crippen LogP contribution >= 0.6 is 0 Å². The van der Waals surface area contributed by atoms with Crippen LogP contribution in [0.1, 0.15) is 6.42 Å². The smallest absolute Gasteiger partial charge is 0.328 e. The highest BCUT2D eigenvalue weighted by atomic mass is 16.4. The summed E-state index contributed by atoms with van der Waals surface area (Å²) in [6, 6.07) is 0. The summed E-state index contributed by atoms with van der Waals surface area (Å²) in [4.78, 5) is 10.6. The number of aliphatic hydroxyl groups is 3. The van der Waals surface area contributed by atoms with Crippen molar-refractivity contribution in [2.45, 2.75) is 24.2 Å². The molecule has 6 heteroatoms. The van der Waals surface area contributed by atoms with E-state index in [0.717, 1.165) is 0 Å². The lowest BCUT2D eigenvalue weighted by Gasteiger charge is -2.30. The highest BCUT2D eigenvalue weighted by Gasteiger charge is 2.44. The van der Waals surface area contributed by atoms with Crippen LogP contribution in [-0.2, 0) is 4.79 Å². The van der Waals surface area contributed by atoms with Gasteiger partial charge in [-0.05, 0) is 6.42 Å². The molecular weight excluding hydrogens is 190 g/mol. The minimum absolute atomic E-state index is 0.00655. The van der Waals surface area contributed by atoms with Gasteiger partial charge in [-0.1, -0.05) is 6.08 Å². The molecule has 0 saturated carbocycles. The summed E-state index contributed by atoms with van der Waals surface area (Å²) in [7, 11) is 0. The largest absolute Gasteiger partial charge is 0.480 e. The summed E-state index contributed by atoms with van der Waals surface area (Å²) in [5, 5.41) is 36.0. The van der Waals surface area contributed by atoms with Crippen LogP contribution in [0.5, 0.6) is 0 Å². The van der Waals surface area contributed by atoms with Gasteiger partial charge in [0.05, 0.1) is 12.7 Å². The van der Waals surface area contributed by atoms with E-state index in [4.69, 9.17) is 15.9 Å².